The maximum absolute atomic E-state index is 14.4. The van der Waals surface area contributed by atoms with Crippen LogP contribution < -0.4 is 24.8 Å². The molecule has 0 radical (unpaired) electrons. The summed E-state index contributed by atoms with van der Waals surface area (Å²) < 4.78 is 38.5. The number of carbonyl (C=O) groups is 4. The van der Waals surface area contributed by atoms with E-state index in [2.05, 4.69) is 20.3 Å². The molecule has 2 aromatic rings. The van der Waals surface area contributed by atoms with E-state index in [9.17, 15) is 32.7 Å². The second kappa shape index (κ2) is 13.3. The molecule has 4 aliphatic rings. The molecule has 5 atom stereocenters. The smallest absolute Gasteiger partial charge is 0.405 e. The Labute approximate surface area is 288 Å². The SMILES string of the molecule is COc1ccc2c(O[C@@H]3C[C@H]4C(=O)N[C@]5(C(=O)NS(=O)(=O)C6CC6)C[C@H]5/C=C\CCCSC(C)(C)[C@H](NC(=O)O)C(=O)N4C3)nccc2c1. The molecule has 1 aromatic heterocycles. The minimum absolute atomic E-state index is 0.0116. The zero-order valence-corrected chi connectivity index (χ0v) is 29.1. The number of rotatable bonds is 7. The minimum atomic E-state index is -3.90. The summed E-state index contributed by atoms with van der Waals surface area (Å²) in [6.07, 6.45) is 5.68. The van der Waals surface area contributed by atoms with Gasteiger partial charge in [0.2, 0.25) is 27.7 Å². The van der Waals surface area contributed by atoms with Crippen LogP contribution in [0.15, 0.2) is 42.6 Å². The van der Waals surface area contributed by atoms with Crippen LogP contribution in [-0.4, -0.2) is 100 Å². The summed E-state index contributed by atoms with van der Waals surface area (Å²) in [6.45, 7) is 3.50. The van der Waals surface area contributed by atoms with E-state index in [0.29, 0.717) is 42.6 Å². The zero-order chi connectivity index (χ0) is 35.1. The van der Waals surface area contributed by atoms with E-state index < -0.39 is 73.5 Å². The van der Waals surface area contributed by atoms with Crippen molar-refractivity contribution in [2.45, 2.75) is 86.1 Å². The van der Waals surface area contributed by atoms with E-state index >= 15 is 0 Å². The number of allylic oxidation sites excluding steroid dienone is 1. The van der Waals surface area contributed by atoms with Crippen molar-refractivity contribution >= 4 is 56.4 Å². The number of ether oxygens (including phenoxy) is 2. The summed E-state index contributed by atoms with van der Waals surface area (Å²) in [5.74, 6) is -1.000. The summed E-state index contributed by atoms with van der Waals surface area (Å²) in [6, 6.07) is 4.82. The van der Waals surface area contributed by atoms with Gasteiger partial charge in [-0.2, -0.15) is 11.8 Å². The van der Waals surface area contributed by atoms with E-state index in [-0.39, 0.29) is 25.3 Å². The molecule has 1 saturated heterocycles. The van der Waals surface area contributed by atoms with Crippen molar-refractivity contribution in [1.29, 1.82) is 0 Å². The highest BCUT2D eigenvalue weighted by molar-refractivity contribution is 8.00. The van der Waals surface area contributed by atoms with Crippen LogP contribution in [0.3, 0.4) is 0 Å². The summed E-state index contributed by atoms with van der Waals surface area (Å²) in [5, 5.41) is 15.8. The summed E-state index contributed by atoms with van der Waals surface area (Å²) >= 11 is 1.45. The number of carbonyl (C=O) groups excluding carboxylic acids is 3. The third-order valence-corrected chi connectivity index (χ3v) is 12.9. The molecular formula is C33H41N5O9S2. The third-order valence-electron chi connectivity index (χ3n) is 9.59. The maximum Gasteiger partial charge on any atom is 0.405 e. The third kappa shape index (κ3) is 7.30. The molecule has 3 fully saturated rings. The lowest BCUT2D eigenvalue weighted by atomic mass is 10.0. The summed E-state index contributed by atoms with van der Waals surface area (Å²) in [7, 11) is -2.33. The zero-order valence-electron chi connectivity index (χ0n) is 27.5. The molecule has 16 heteroatoms. The lowest BCUT2D eigenvalue weighted by Crippen LogP contribution is -2.61. The number of carboxylic acid groups (broad SMARTS) is 1. The lowest BCUT2D eigenvalue weighted by Gasteiger charge is -2.36. The number of thioether (sulfide) groups is 1. The molecule has 49 heavy (non-hydrogen) atoms. The average Bonchev–Trinajstić information content (AvgIpc) is 3.98. The molecule has 6 rings (SSSR count). The van der Waals surface area contributed by atoms with Crippen LogP contribution in [0.5, 0.6) is 11.6 Å². The largest absolute Gasteiger partial charge is 0.497 e. The number of nitrogens with one attached hydrogen (secondary N) is 3. The van der Waals surface area contributed by atoms with Crippen molar-refractivity contribution in [1.82, 2.24) is 25.2 Å². The predicted molar refractivity (Wildman–Crippen MR) is 182 cm³/mol. The van der Waals surface area contributed by atoms with Crippen LogP contribution in [0.2, 0.25) is 0 Å². The van der Waals surface area contributed by atoms with Crippen LogP contribution in [-0.2, 0) is 24.4 Å². The first-order valence-electron chi connectivity index (χ1n) is 16.3. The van der Waals surface area contributed by atoms with E-state index in [4.69, 9.17) is 9.47 Å². The average molecular weight is 716 g/mol. The first kappa shape index (κ1) is 34.8. The first-order valence-corrected chi connectivity index (χ1v) is 18.9. The van der Waals surface area contributed by atoms with Gasteiger partial charge in [-0.3, -0.25) is 19.1 Å². The van der Waals surface area contributed by atoms with E-state index in [1.165, 1.54) is 16.7 Å². The Kier molecular flexibility index (Phi) is 9.48. The predicted octanol–water partition coefficient (Wildman–Crippen LogP) is 2.57. The molecule has 264 valence electrons. The van der Waals surface area contributed by atoms with E-state index in [1.807, 2.05) is 18.2 Å². The van der Waals surface area contributed by atoms with Crippen molar-refractivity contribution < 1.29 is 42.2 Å². The molecule has 4 amide bonds. The number of methoxy groups -OCH3 is 1. The quantitative estimate of drug-likeness (QED) is 0.308. The van der Waals surface area contributed by atoms with Gasteiger partial charge in [-0.05, 0) is 81.4 Å². The Morgan fingerprint density at radius 3 is 2.67 bits per heavy atom. The van der Waals surface area contributed by atoms with Gasteiger partial charge < -0.3 is 30.1 Å². The van der Waals surface area contributed by atoms with Crippen molar-refractivity contribution in [3.8, 4) is 11.6 Å². The van der Waals surface area contributed by atoms with Gasteiger partial charge in [-0.15, -0.1) is 0 Å². The molecule has 2 saturated carbocycles. The van der Waals surface area contributed by atoms with Crippen molar-refractivity contribution in [3.63, 3.8) is 0 Å². The highest BCUT2D eigenvalue weighted by Crippen LogP contribution is 2.46. The number of hydrogen-bond acceptors (Lipinski definition) is 10. The molecule has 0 unspecified atom stereocenters. The molecule has 2 aliphatic carbocycles. The van der Waals surface area contributed by atoms with Crippen molar-refractivity contribution in [2.24, 2.45) is 5.92 Å². The normalized spacial score (nSPS) is 29.3. The van der Waals surface area contributed by atoms with Crippen molar-refractivity contribution in [2.75, 3.05) is 19.4 Å². The van der Waals surface area contributed by atoms with Gasteiger partial charge in [0.25, 0.3) is 5.91 Å². The van der Waals surface area contributed by atoms with Gasteiger partial charge in [-0.25, -0.2) is 18.2 Å². The molecule has 2 aliphatic heterocycles. The molecule has 0 spiro atoms. The van der Waals surface area contributed by atoms with Gasteiger partial charge in [0.05, 0.1) is 18.9 Å². The molecule has 1 aromatic carbocycles. The van der Waals surface area contributed by atoms with Crippen molar-refractivity contribution in [3.05, 3.63) is 42.6 Å². The highest BCUT2D eigenvalue weighted by atomic mass is 32.2. The summed E-state index contributed by atoms with van der Waals surface area (Å²) in [5.41, 5.74) is -1.52. The van der Waals surface area contributed by atoms with Crippen LogP contribution in [0.1, 0.15) is 52.4 Å². The van der Waals surface area contributed by atoms with Gasteiger partial charge >= 0.3 is 6.09 Å². The molecule has 4 N–H and O–H groups in total. The maximum atomic E-state index is 14.4. The standard InChI is InChI=1S/C33H41N5O9S2/c1-32(2)26(35-31(42)43)29(40)38-18-22(47-28-24-11-8-21(46-3)15-19(24)12-13-34-28)16-25(38)27(39)36-33(17-20(33)7-5-4-6-14-48-32)30(41)37-49(44,45)23-9-10-23/h5,7-8,11-13,15,20,22-23,25-26,35H,4,6,9-10,14,16-18H2,1-3H3,(H,36,39)(H,37,41)(H,42,43)/b7-5-/t20-,22-,25+,26-,33-/m1/s1. The minimum Gasteiger partial charge on any atom is -0.497 e. The Morgan fingerprint density at radius 1 is 1.18 bits per heavy atom. The number of fused-ring (bicyclic) bond motifs is 3. The lowest BCUT2D eigenvalue weighted by molar-refractivity contribution is -0.141. The number of hydrogen-bond donors (Lipinski definition) is 4. The topological polar surface area (TPSA) is 193 Å². The number of benzene rings is 1. The van der Waals surface area contributed by atoms with Crippen LogP contribution >= 0.6 is 11.8 Å². The number of amides is 4. The van der Waals surface area contributed by atoms with E-state index in [1.54, 1.807) is 45.4 Å². The fourth-order valence-corrected chi connectivity index (χ4v) is 9.08. The fourth-order valence-electron chi connectivity index (χ4n) is 6.55. The second-order valence-corrected chi connectivity index (χ2v) is 17.2. The van der Waals surface area contributed by atoms with Gasteiger partial charge in [0.15, 0.2) is 0 Å². The number of sulfonamides is 1. The first-order chi connectivity index (χ1) is 23.2. The molecule has 3 heterocycles. The Balaban J connectivity index is 1.34. The monoisotopic (exact) mass is 715 g/mol. The number of pyridine rings is 1. The highest BCUT2D eigenvalue weighted by Gasteiger charge is 2.62. The number of aromatic nitrogens is 1. The van der Waals surface area contributed by atoms with Crippen LogP contribution in [0.4, 0.5) is 4.79 Å². The van der Waals surface area contributed by atoms with Gasteiger partial charge in [0.1, 0.15) is 29.5 Å². The number of nitrogens with zero attached hydrogens (tertiary/aromatic N) is 2. The van der Waals surface area contributed by atoms with Gasteiger partial charge in [-0.1, -0.05) is 12.2 Å². The van der Waals surface area contributed by atoms with Crippen LogP contribution in [0.25, 0.3) is 10.8 Å². The Bertz CT molecular complexity index is 1800. The van der Waals surface area contributed by atoms with Gasteiger partial charge in [0, 0.05) is 28.7 Å². The molecule has 14 nitrogen and oxygen atoms in total. The van der Waals surface area contributed by atoms with E-state index in [0.717, 1.165) is 5.39 Å². The molecule has 0 bridgehead atoms. The second-order valence-electron chi connectivity index (χ2n) is 13.5. The Hall–Kier alpha value is -4.05. The van der Waals surface area contributed by atoms with Crippen LogP contribution in [0, 0.1) is 5.92 Å². The molecular weight excluding hydrogens is 675 g/mol. The summed E-state index contributed by atoms with van der Waals surface area (Å²) in [4.78, 5) is 59.9. The Morgan fingerprint density at radius 2 is 1.96 bits per heavy atom. The fraction of sp³-hybridized carbons (Fsp3) is 0.545.